The molecule has 0 aliphatic carbocycles. The summed E-state index contributed by atoms with van der Waals surface area (Å²) in [5, 5.41) is 6.65. The second-order valence-electron chi connectivity index (χ2n) is 6.26. The van der Waals surface area contributed by atoms with Crippen molar-refractivity contribution in [3.05, 3.63) is 54.1 Å². The van der Waals surface area contributed by atoms with Crippen LogP contribution in [0.4, 0.5) is 0 Å². The van der Waals surface area contributed by atoms with Crippen LogP contribution in [0.2, 0.25) is 0 Å². The van der Waals surface area contributed by atoms with E-state index in [-0.39, 0.29) is 5.54 Å². The monoisotopic (exact) mass is 299 g/mol. The average Bonchev–Trinajstić information content (AvgIpc) is 2.90. The highest BCUT2D eigenvalue weighted by Gasteiger charge is 2.12. The minimum absolute atomic E-state index is 0.0265. The third kappa shape index (κ3) is 4.91. The van der Waals surface area contributed by atoms with E-state index in [2.05, 4.69) is 70.2 Å². The van der Waals surface area contributed by atoms with Crippen molar-refractivity contribution in [2.45, 2.75) is 39.4 Å². The van der Waals surface area contributed by atoms with E-state index in [1.54, 1.807) is 7.05 Å². The van der Waals surface area contributed by atoms with Gasteiger partial charge in [-0.05, 0) is 26.3 Å². The molecule has 0 atom stereocenters. The minimum atomic E-state index is -0.0265. The van der Waals surface area contributed by atoms with Gasteiger partial charge in [0.05, 0.1) is 6.54 Å². The molecule has 0 unspecified atom stereocenters. The van der Waals surface area contributed by atoms with Crippen LogP contribution in [0.25, 0.3) is 0 Å². The zero-order valence-electron chi connectivity index (χ0n) is 13.8. The second kappa shape index (κ2) is 7.11. The van der Waals surface area contributed by atoms with Crippen LogP contribution in [-0.2, 0) is 13.1 Å². The van der Waals surface area contributed by atoms with E-state index in [0.717, 1.165) is 18.3 Å². The minimum Gasteiger partial charge on any atom is -0.352 e. The van der Waals surface area contributed by atoms with Crippen LogP contribution < -0.4 is 10.6 Å². The van der Waals surface area contributed by atoms with Crippen LogP contribution in [0.15, 0.2) is 47.7 Å². The number of benzene rings is 1. The maximum atomic E-state index is 4.43. The number of aliphatic imine (C=N–C) groups is 1. The lowest BCUT2D eigenvalue weighted by Gasteiger charge is -2.23. The first-order valence-corrected chi connectivity index (χ1v) is 7.51. The Morgan fingerprint density at radius 2 is 1.95 bits per heavy atom. The van der Waals surface area contributed by atoms with Crippen LogP contribution in [0.1, 0.15) is 32.2 Å². The van der Waals surface area contributed by atoms with E-state index >= 15 is 0 Å². The molecule has 0 aliphatic heterocycles. The summed E-state index contributed by atoms with van der Waals surface area (Å²) in [5.74, 6) is 1.77. The lowest BCUT2D eigenvalue weighted by atomic mass is 10.1. The summed E-state index contributed by atoms with van der Waals surface area (Å²) in [6.45, 7) is 7.78. The van der Waals surface area contributed by atoms with Gasteiger partial charge in [0.25, 0.3) is 0 Å². The smallest absolute Gasteiger partial charge is 0.191 e. The highest BCUT2D eigenvalue weighted by molar-refractivity contribution is 5.80. The summed E-state index contributed by atoms with van der Waals surface area (Å²) in [6.07, 6.45) is 3.84. The first kappa shape index (κ1) is 16.1. The standard InChI is InChI=1S/C17H25N5/c1-17(2,3)21-16(18-4)20-12-15-19-10-11-22(15)13-14-8-6-5-7-9-14/h5-11H,12-13H2,1-4H3,(H2,18,20,21). The van der Waals surface area contributed by atoms with Crippen molar-refractivity contribution in [2.24, 2.45) is 4.99 Å². The van der Waals surface area contributed by atoms with Gasteiger partial charge in [-0.2, -0.15) is 0 Å². The SMILES string of the molecule is CN=C(NCc1nccn1Cc1ccccc1)NC(C)(C)C. The van der Waals surface area contributed by atoms with Gasteiger partial charge in [0, 0.05) is 31.5 Å². The predicted octanol–water partition coefficient (Wildman–Crippen LogP) is 2.39. The Bertz CT molecular complexity index is 607. The normalized spacial score (nSPS) is 12.3. The van der Waals surface area contributed by atoms with E-state index in [1.165, 1.54) is 5.56 Å². The number of rotatable bonds is 4. The number of guanidine groups is 1. The molecule has 0 aliphatic rings. The Labute approximate surface area is 132 Å². The van der Waals surface area contributed by atoms with Crippen LogP contribution >= 0.6 is 0 Å². The van der Waals surface area contributed by atoms with Gasteiger partial charge in [0.15, 0.2) is 5.96 Å². The summed E-state index contributed by atoms with van der Waals surface area (Å²) in [4.78, 5) is 8.68. The Morgan fingerprint density at radius 3 is 2.59 bits per heavy atom. The maximum absolute atomic E-state index is 4.43. The van der Waals surface area contributed by atoms with Crippen molar-refractivity contribution in [3.8, 4) is 0 Å². The first-order chi connectivity index (χ1) is 10.5. The fourth-order valence-corrected chi connectivity index (χ4v) is 2.13. The molecule has 0 spiro atoms. The van der Waals surface area contributed by atoms with E-state index in [9.17, 15) is 0 Å². The summed E-state index contributed by atoms with van der Waals surface area (Å²) in [6, 6.07) is 10.4. The third-order valence-corrected chi connectivity index (χ3v) is 3.13. The molecule has 2 N–H and O–H groups in total. The summed E-state index contributed by atoms with van der Waals surface area (Å²) < 4.78 is 2.15. The Kier molecular flexibility index (Phi) is 5.20. The molecule has 1 aromatic heterocycles. The average molecular weight is 299 g/mol. The largest absolute Gasteiger partial charge is 0.352 e. The van der Waals surface area contributed by atoms with Gasteiger partial charge in [-0.1, -0.05) is 30.3 Å². The van der Waals surface area contributed by atoms with Gasteiger partial charge < -0.3 is 15.2 Å². The van der Waals surface area contributed by atoms with E-state index in [1.807, 2.05) is 18.5 Å². The quantitative estimate of drug-likeness (QED) is 0.673. The zero-order valence-corrected chi connectivity index (χ0v) is 13.8. The van der Waals surface area contributed by atoms with Crippen molar-refractivity contribution in [2.75, 3.05) is 7.05 Å². The van der Waals surface area contributed by atoms with Crippen LogP contribution in [0, 0.1) is 0 Å². The van der Waals surface area contributed by atoms with Gasteiger partial charge in [-0.3, -0.25) is 4.99 Å². The number of nitrogens with one attached hydrogen (secondary N) is 2. The highest BCUT2D eigenvalue weighted by Crippen LogP contribution is 2.05. The fourth-order valence-electron chi connectivity index (χ4n) is 2.13. The van der Waals surface area contributed by atoms with E-state index in [0.29, 0.717) is 6.54 Å². The molecule has 118 valence electrons. The predicted molar refractivity (Wildman–Crippen MR) is 90.9 cm³/mol. The van der Waals surface area contributed by atoms with Crippen molar-refractivity contribution in [3.63, 3.8) is 0 Å². The Balaban J connectivity index is 1.98. The maximum Gasteiger partial charge on any atom is 0.191 e. The molecule has 22 heavy (non-hydrogen) atoms. The zero-order chi connectivity index (χ0) is 16.0. The molecule has 0 fully saturated rings. The number of hydrogen-bond acceptors (Lipinski definition) is 2. The van der Waals surface area contributed by atoms with Gasteiger partial charge in [-0.25, -0.2) is 4.98 Å². The molecule has 0 radical (unpaired) electrons. The fraction of sp³-hybridized carbons (Fsp3) is 0.412. The number of nitrogens with zero attached hydrogens (tertiary/aromatic N) is 3. The van der Waals surface area contributed by atoms with Gasteiger partial charge in [0.1, 0.15) is 5.82 Å². The van der Waals surface area contributed by atoms with Crippen LogP contribution in [0.5, 0.6) is 0 Å². The van der Waals surface area contributed by atoms with Crippen molar-refractivity contribution in [1.82, 2.24) is 20.2 Å². The molecule has 1 heterocycles. The van der Waals surface area contributed by atoms with Crippen molar-refractivity contribution < 1.29 is 0 Å². The molecule has 0 saturated heterocycles. The number of aromatic nitrogens is 2. The van der Waals surface area contributed by atoms with Crippen LogP contribution in [-0.4, -0.2) is 28.1 Å². The van der Waals surface area contributed by atoms with Crippen molar-refractivity contribution in [1.29, 1.82) is 0 Å². The molecule has 1 aromatic carbocycles. The molecular weight excluding hydrogens is 274 g/mol. The first-order valence-electron chi connectivity index (χ1n) is 7.51. The second-order valence-corrected chi connectivity index (χ2v) is 6.26. The molecule has 2 rings (SSSR count). The van der Waals surface area contributed by atoms with E-state index in [4.69, 9.17) is 0 Å². The van der Waals surface area contributed by atoms with E-state index < -0.39 is 0 Å². The third-order valence-electron chi connectivity index (χ3n) is 3.13. The van der Waals surface area contributed by atoms with Crippen LogP contribution in [0.3, 0.4) is 0 Å². The molecule has 0 amide bonds. The van der Waals surface area contributed by atoms with Crippen molar-refractivity contribution >= 4 is 5.96 Å². The van der Waals surface area contributed by atoms with Gasteiger partial charge >= 0.3 is 0 Å². The number of hydrogen-bond donors (Lipinski definition) is 2. The lowest BCUT2D eigenvalue weighted by molar-refractivity contribution is 0.500. The highest BCUT2D eigenvalue weighted by atomic mass is 15.2. The molecule has 5 nitrogen and oxygen atoms in total. The Morgan fingerprint density at radius 1 is 1.23 bits per heavy atom. The Hall–Kier alpha value is -2.30. The molecular formula is C17H25N5. The lowest BCUT2D eigenvalue weighted by Crippen LogP contribution is -2.47. The summed E-state index contributed by atoms with van der Waals surface area (Å²) >= 11 is 0. The molecule has 2 aromatic rings. The molecule has 0 saturated carbocycles. The number of imidazole rings is 1. The van der Waals surface area contributed by atoms with Gasteiger partial charge in [-0.15, -0.1) is 0 Å². The molecule has 5 heteroatoms. The summed E-state index contributed by atoms with van der Waals surface area (Å²) in [5.41, 5.74) is 1.24. The van der Waals surface area contributed by atoms with Gasteiger partial charge in [0.2, 0.25) is 0 Å². The summed E-state index contributed by atoms with van der Waals surface area (Å²) in [7, 11) is 1.78. The topological polar surface area (TPSA) is 54.2 Å². The molecule has 0 bridgehead atoms.